The average Bonchev–Trinajstić information content (AvgIpc) is 3.24. The van der Waals surface area contributed by atoms with E-state index in [4.69, 9.17) is 0 Å². The first kappa shape index (κ1) is 16.4. The van der Waals surface area contributed by atoms with Gasteiger partial charge in [-0.05, 0) is 35.4 Å². The number of rotatable bonds is 5. The van der Waals surface area contributed by atoms with Crippen LogP contribution in [0.15, 0.2) is 29.4 Å². The number of fused-ring (bicyclic) bond motifs is 1. The van der Waals surface area contributed by atoms with Crippen LogP contribution < -0.4 is 0 Å². The summed E-state index contributed by atoms with van der Waals surface area (Å²) in [5, 5.41) is 12.6. The lowest BCUT2D eigenvalue weighted by Gasteiger charge is -2.21. The molecule has 25 heavy (non-hydrogen) atoms. The third-order valence-electron chi connectivity index (χ3n) is 4.58. The Balaban J connectivity index is 1.57. The molecule has 6 nitrogen and oxygen atoms in total. The zero-order valence-electron chi connectivity index (χ0n) is 13.6. The summed E-state index contributed by atoms with van der Waals surface area (Å²) in [5.41, 5.74) is 1.02. The van der Waals surface area contributed by atoms with E-state index in [-0.39, 0.29) is 0 Å². The second-order valence-electron chi connectivity index (χ2n) is 6.15. The lowest BCUT2D eigenvalue weighted by molar-refractivity contribution is 0.0722. The average molecular weight is 364 g/mol. The van der Waals surface area contributed by atoms with E-state index in [2.05, 4.69) is 20.5 Å². The molecule has 1 saturated carbocycles. The summed E-state index contributed by atoms with van der Waals surface area (Å²) in [6, 6.07) is 7.25. The highest BCUT2D eigenvalue weighted by molar-refractivity contribution is 7.98. The number of tetrazole rings is 1. The van der Waals surface area contributed by atoms with Crippen LogP contribution in [0.3, 0.4) is 0 Å². The quantitative estimate of drug-likeness (QED) is 0.635. The van der Waals surface area contributed by atoms with Crippen LogP contribution in [0, 0.1) is 0 Å². The van der Waals surface area contributed by atoms with Gasteiger partial charge < -0.3 is 0 Å². The van der Waals surface area contributed by atoms with Gasteiger partial charge in [-0.3, -0.25) is 4.57 Å². The van der Waals surface area contributed by atoms with Crippen LogP contribution in [0.25, 0.3) is 11.0 Å². The molecule has 1 aliphatic carbocycles. The van der Waals surface area contributed by atoms with E-state index in [1.54, 1.807) is 24.3 Å². The molecule has 2 aromatic heterocycles. The number of para-hydroxylation sites is 2. The summed E-state index contributed by atoms with van der Waals surface area (Å²) < 4.78 is 29.8. The monoisotopic (exact) mass is 364 g/mol. The maximum Gasteiger partial charge on any atom is 0.320 e. The van der Waals surface area contributed by atoms with E-state index >= 15 is 0 Å². The van der Waals surface area contributed by atoms with Crippen molar-refractivity contribution in [3.05, 3.63) is 30.1 Å². The Bertz CT molecular complexity index is 855. The summed E-state index contributed by atoms with van der Waals surface area (Å²) in [5.74, 6) is 0.631. The zero-order valence-corrected chi connectivity index (χ0v) is 14.4. The lowest BCUT2D eigenvalue weighted by Crippen LogP contribution is -2.15. The molecule has 0 bridgehead atoms. The fourth-order valence-electron chi connectivity index (χ4n) is 3.38. The smallest absolute Gasteiger partial charge is 0.269 e. The van der Waals surface area contributed by atoms with Crippen molar-refractivity contribution in [1.29, 1.82) is 0 Å². The summed E-state index contributed by atoms with van der Waals surface area (Å²) in [4.78, 5) is 4.36. The van der Waals surface area contributed by atoms with Crippen molar-refractivity contribution < 1.29 is 8.78 Å². The summed E-state index contributed by atoms with van der Waals surface area (Å²) in [6.45, 7) is -2.63. The Morgan fingerprint density at radius 1 is 1.16 bits per heavy atom. The molecule has 0 amide bonds. The molecular formula is C16H18F2N6S. The van der Waals surface area contributed by atoms with Gasteiger partial charge in [-0.1, -0.05) is 43.2 Å². The van der Waals surface area contributed by atoms with Gasteiger partial charge in [0.15, 0.2) is 0 Å². The molecule has 0 unspecified atom stereocenters. The van der Waals surface area contributed by atoms with Crippen molar-refractivity contribution in [3.63, 3.8) is 0 Å². The fraction of sp³-hybridized carbons (Fsp3) is 0.500. The molecule has 3 aromatic rings. The molecule has 0 radical (unpaired) electrons. The van der Waals surface area contributed by atoms with Crippen LogP contribution in [-0.4, -0.2) is 29.8 Å². The molecule has 0 spiro atoms. The number of hydrogen-bond acceptors (Lipinski definition) is 5. The summed E-state index contributed by atoms with van der Waals surface area (Å²) >= 11 is 1.36. The molecule has 2 heterocycles. The fourth-order valence-corrected chi connectivity index (χ4v) is 4.25. The number of thioether (sulfide) groups is 1. The van der Waals surface area contributed by atoms with Crippen LogP contribution in [0.5, 0.6) is 0 Å². The van der Waals surface area contributed by atoms with Crippen molar-refractivity contribution in [2.75, 3.05) is 0 Å². The second kappa shape index (κ2) is 7.07. The number of aromatic nitrogens is 6. The lowest BCUT2D eigenvalue weighted by atomic mass is 9.96. The molecular weight excluding hydrogens is 346 g/mol. The predicted octanol–water partition coefficient (Wildman–Crippen LogP) is 4.22. The predicted molar refractivity (Wildman–Crippen MR) is 90.5 cm³/mol. The highest BCUT2D eigenvalue weighted by Crippen LogP contribution is 2.32. The number of nitrogens with zero attached hydrogens (tertiary/aromatic N) is 6. The third-order valence-corrected chi connectivity index (χ3v) is 5.51. The first-order valence-corrected chi connectivity index (χ1v) is 9.37. The van der Waals surface area contributed by atoms with Crippen LogP contribution in [0.1, 0.15) is 50.5 Å². The Hall–Kier alpha value is -2.03. The van der Waals surface area contributed by atoms with Gasteiger partial charge in [0.05, 0.1) is 22.8 Å². The number of benzene rings is 1. The van der Waals surface area contributed by atoms with E-state index in [0.717, 1.165) is 17.4 Å². The topological polar surface area (TPSA) is 61.4 Å². The maximum atomic E-state index is 13.5. The van der Waals surface area contributed by atoms with Gasteiger partial charge in [0.25, 0.3) is 0 Å². The summed E-state index contributed by atoms with van der Waals surface area (Å²) in [6.07, 6.45) is 5.73. The molecule has 0 N–H and O–H groups in total. The number of alkyl halides is 2. The summed E-state index contributed by atoms with van der Waals surface area (Å²) in [7, 11) is 0. The van der Waals surface area contributed by atoms with Crippen molar-refractivity contribution in [2.24, 2.45) is 0 Å². The van der Waals surface area contributed by atoms with E-state index < -0.39 is 6.55 Å². The van der Waals surface area contributed by atoms with Gasteiger partial charge in [-0.25, -0.2) is 9.67 Å². The van der Waals surface area contributed by atoms with E-state index in [9.17, 15) is 8.78 Å². The van der Waals surface area contributed by atoms with Crippen molar-refractivity contribution in [3.8, 4) is 0 Å². The van der Waals surface area contributed by atoms with Crippen LogP contribution in [-0.2, 0) is 5.75 Å². The van der Waals surface area contributed by atoms with Gasteiger partial charge in [0, 0.05) is 0 Å². The van der Waals surface area contributed by atoms with Gasteiger partial charge in [-0.2, -0.15) is 8.78 Å². The highest BCUT2D eigenvalue weighted by atomic mass is 32.2. The maximum absolute atomic E-state index is 13.5. The number of imidazole rings is 1. The molecule has 1 aromatic carbocycles. The third kappa shape index (κ3) is 3.24. The minimum Gasteiger partial charge on any atom is -0.269 e. The minimum atomic E-state index is -2.63. The first-order valence-electron chi connectivity index (χ1n) is 8.38. The van der Waals surface area contributed by atoms with Crippen LogP contribution >= 0.6 is 11.8 Å². The number of halogens is 2. The van der Waals surface area contributed by atoms with Crippen molar-refractivity contribution >= 4 is 22.8 Å². The molecule has 1 fully saturated rings. The SMILES string of the molecule is FC(F)n1c(CSc2nnnn2C2CCCCC2)nc2ccccc21. The van der Waals surface area contributed by atoms with Gasteiger partial charge in [-0.15, -0.1) is 5.10 Å². The van der Waals surface area contributed by atoms with Crippen LogP contribution in [0.2, 0.25) is 0 Å². The van der Waals surface area contributed by atoms with Crippen molar-refractivity contribution in [2.45, 2.75) is 55.6 Å². The second-order valence-corrected chi connectivity index (χ2v) is 7.09. The molecule has 9 heteroatoms. The zero-order chi connectivity index (χ0) is 17.2. The molecule has 0 saturated heterocycles. The minimum absolute atomic E-state index is 0.298. The molecule has 1 aliphatic rings. The van der Waals surface area contributed by atoms with E-state index in [1.165, 1.54) is 31.0 Å². The van der Waals surface area contributed by atoms with Crippen molar-refractivity contribution in [1.82, 2.24) is 29.8 Å². The largest absolute Gasteiger partial charge is 0.320 e. The first-order chi connectivity index (χ1) is 12.2. The standard InChI is InChI=1S/C16H18F2N6S/c17-15(18)23-13-9-5-4-8-12(13)19-14(23)10-25-16-20-21-22-24(16)11-6-2-1-3-7-11/h4-5,8-9,11,15H,1-3,6-7,10H2. The van der Waals surface area contributed by atoms with E-state index in [0.29, 0.717) is 33.8 Å². The molecule has 0 aliphatic heterocycles. The van der Waals surface area contributed by atoms with Gasteiger partial charge >= 0.3 is 6.55 Å². The highest BCUT2D eigenvalue weighted by Gasteiger charge is 2.22. The van der Waals surface area contributed by atoms with Gasteiger partial charge in [0.1, 0.15) is 5.82 Å². The van der Waals surface area contributed by atoms with E-state index in [1.807, 2.05) is 4.68 Å². The Morgan fingerprint density at radius 3 is 2.76 bits per heavy atom. The normalized spacial score (nSPS) is 16.1. The Labute approximate surface area is 147 Å². The Morgan fingerprint density at radius 2 is 1.96 bits per heavy atom. The molecule has 4 rings (SSSR count). The van der Waals surface area contributed by atoms with Crippen LogP contribution in [0.4, 0.5) is 8.78 Å². The van der Waals surface area contributed by atoms with Gasteiger partial charge in [0.2, 0.25) is 5.16 Å². The molecule has 0 atom stereocenters. The number of hydrogen-bond donors (Lipinski definition) is 0. The Kier molecular flexibility index (Phi) is 4.65. The molecule has 132 valence electrons.